The number of amides is 2. The minimum absolute atomic E-state index is 0.00213. The van der Waals surface area contributed by atoms with E-state index in [4.69, 9.17) is 9.47 Å². The van der Waals surface area contributed by atoms with Gasteiger partial charge >= 0.3 is 0 Å². The molecule has 2 unspecified atom stereocenters. The summed E-state index contributed by atoms with van der Waals surface area (Å²) >= 11 is 0. The Bertz CT molecular complexity index is 833. The summed E-state index contributed by atoms with van der Waals surface area (Å²) in [6.45, 7) is 3.56. The number of ether oxygens (including phenoxy) is 2. The number of hydrogen-bond donors (Lipinski definition) is 1. The Morgan fingerprint density at radius 1 is 0.966 bits per heavy atom. The van der Waals surface area contributed by atoms with Gasteiger partial charge < -0.3 is 19.7 Å². The zero-order valence-electron chi connectivity index (χ0n) is 17.2. The molecule has 1 aliphatic rings. The molecule has 3 rings (SSSR count). The lowest BCUT2D eigenvalue weighted by atomic mass is 9.88. The summed E-state index contributed by atoms with van der Waals surface area (Å²) in [5.41, 5.74) is 1.63. The summed E-state index contributed by atoms with van der Waals surface area (Å²) < 4.78 is 10.4. The van der Waals surface area contributed by atoms with Gasteiger partial charge in [-0.15, -0.1) is 0 Å². The van der Waals surface area contributed by atoms with E-state index >= 15 is 0 Å². The Hall–Kier alpha value is -3.02. The van der Waals surface area contributed by atoms with Crippen LogP contribution in [0.25, 0.3) is 0 Å². The average molecular weight is 396 g/mol. The fourth-order valence-corrected chi connectivity index (χ4v) is 3.72. The van der Waals surface area contributed by atoms with E-state index in [1.54, 1.807) is 43.4 Å². The van der Waals surface area contributed by atoms with Crippen molar-refractivity contribution < 1.29 is 19.1 Å². The van der Waals surface area contributed by atoms with Gasteiger partial charge in [0, 0.05) is 31.1 Å². The van der Waals surface area contributed by atoms with Crippen molar-refractivity contribution in [3.05, 3.63) is 59.7 Å². The predicted molar refractivity (Wildman–Crippen MR) is 111 cm³/mol. The number of hydrogen-bond acceptors (Lipinski definition) is 4. The maximum absolute atomic E-state index is 13.0. The van der Waals surface area contributed by atoms with Gasteiger partial charge in [-0.25, -0.2) is 0 Å². The van der Waals surface area contributed by atoms with Crippen molar-refractivity contribution in [3.63, 3.8) is 0 Å². The number of nitrogens with one attached hydrogen (secondary N) is 1. The van der Waals surface area contributed by atoms with E-state index in [-0.39, 0.29) is 23.7 Å². The monoisotopic (exact) mass is 396 g/mol. The van der Waals surface area contributed by atoms with Crippen LogP contribution in [0.15, 0.2) is 48.5 Å². The van der Waals surface area contributed by atoms with Gasteiger partial charge in [-0.05, 0) is 48.4 Å². The van der Waals surface area contributed by atoms with E-state index in [1.165, 1.54) is 0 Å². The van der Waals surface area contributed by atoms with Gasteiger partial charge in [0.25, 0.3) is 5.91 Å². The fourth-order valence-electron chi connectivity index (χ4n) is 3.72. The molecule has 6 nitrogen and oxygen atoms in total. The van der Waals surface area contributed by atoms with Gasteiger partial charge in [0.1, 0.15) is 11.5 Å². The van der Waals surface area contributed by atoms with Crippen molar-refractivity contribution in [2.24, 2.45) is 5.92 Å². The second-order valence-electron chi connectivity index (χ2n) is 7.22. The third kappa shape index (κ3) is 4.70. The van der Waals surface area contributed by atoms with Crippen LogP contribution in [0.5, 0.6) is 11.5 Å². The third-order valence-electron chi connectivity index (χ3n) is 5.37. The molecule has 154 valence electrons. The van der Waals surface area contributed by atoms with Crippen LogP contribution in [0.2, 0.25) is 0 Å². The second-order valence-corrected chi connectivity index (χ2v) is 7.22. The van der Waals surface area contributed by atoms with Crippen molar-refractivity contribution in [1.29, 1.82) is 0 Å². The number of methoxy groups -OCH3 is 2. The summed E-state index contributed by atoms with van der Waals surface area (Å²) in [6, 6.07) is 14.8. The lowest BCUT2D eigenvalue weighted by molar-refractivity contribution is -0.124. The first kappa shape index (κ1) is 20.7. The lowest BCUT2D eigenvalue weighted by Crippen LogP contribution is -2.36. The number of carbonyl (C=O) groups is 2. The summed E-state index contributed by atoms with van der Waals surface area (Å²) in [5.74, 6) is 1.06. The van der Waals surface area contributed by atoms with E-state index in [9.17, 15) is 9.59 Å². The molecule has 2 aromatic rings. The Labute approximate surface area is 171 Å². The molecule has 0 bridgehead atoms. The molecule has 0 saturated carbocycles. The average Bonchev–Trinajstić information content (AvgIpc) is 3.22. The van der Waals surface area contributed by atoms with Crippen LogP contribution in [0, 0.1) is 5.92 Å². The number of nitrogens with zero attached hydrogens (tertiary/aromatic N) is 1. The van der Waals surface area contributed by atoms with Gasteiger partial charge in [-0.2, -0.15) is 0 Å². The molecule has 1 saturated heterocycles. The van der Waals surface area contributed by atoms with Crippen molar-refractivity contribution >= 4 is 11.8 Å². The van der Waals surface area contributed by atoms with E-state index in [0.717, 1.165) is 17.7 Å². The van der Waals surface area contributed by atoms with Crippen molar-refractivity contribution in [3.8, 4) is 11.5 Å². The topological polar surface area (TPSA) is 67.9 Å². The molecule has 1 heterocycles. The molecular formula is C23H28N2O4. The number of benzene rings is 2. The number of likely N-dealkylation sites (tertiary alicyclic amines) is 1. The molecule has 0 radical (unpaired) electrons. The van der Waals surface area contributed by atoms with Crippen LogP contribution in [0.1, 0.15) is 35.2 Å². The van der Waals surface area contributed by atoms with E-state index in [2.05, 4.69) is 5.32 Å². The minimum Gasteiger partial charge on any atom is -0.497 e. The molecule has 0 aromatic heterocycles. The molecule has 1 N–H and O–H groups in total. The molecule has 1 aliphatic heterocycles. The van der Waals surface area contributed by atoms with Gasteiger partial charge in [-0.1, -0.05) is 19.1 Å². The summed E-state index contributed by atoms with van der Waals surface area (Å²) in [5, 5.41) is 2.99. The maximum Gasteiger partial charge on any atom is 0.253 e. The highest BCUT2D eigenvalue weighted by Crippen LogP contribution is 2.34. The second kappa shape index (κ2) is 9.45. The highest BCUT2D eigenvalue weighted by molar-refractivity contribution is 5.95. The number of rotatable bonds is 7. The first-order valence-electron chi connectivity index (χ1n) is 9.92. The van der Waals surface area contributed by atoms with Crippen LogP contribution in [-0.4, -0.2) is 50.6 Å². The minimum atomic E-state index is -0.280. The van der Waals surface area contributed by atoms with Crippen LogP contribution in [-0.2, 0) is 4.79 Å². The third-order valence-corrected chi connectivity index (χ3v) is 5.37. The van der Waals surface area contributed by atoms with Gasteiger partial charge in [-0.3, -0.25) is 9.59 Å². The van der Waals surface area contributed by atoms with Crippen molar-refractivity contribution in [2.45, 2.75) is 19.3 Å². The van der Waals surface area contributed by atoms with Gasteiger partial charge in [0.2, 0.25) is 5.91 Å². The van der Waals surface area contributed by atoms with Crippen molar-refractivity contribution in [1.82, 2.24) is 10.2 Å². The van der Waals surface area contributed by atoms with Gasteiger partial charge in [0.15, 0.2) is 0 Å². The van der Waals surface area contributed by atoms with E-state index < -0.39 is 0 Å². The van der Waals surface area contributed by atoms with E-state index in [0.29, 0.717) is 30.9 Å². The highest BCUT2D eigenvalue weighted by Gasteiger charge is 2.40. The SMILES string of the molecule is CCCNC(=O)C1CN(C(=O)c2ccc(OC)cc2)CC1c1ccc(OC)cc1. The number of carbonyl (C=O) groups excluding carboxylic acids is 2. The van der Waals surface area contributed by atoms with Gasteiger partial charge in [0.05, 0.1) is 20.1 Å². The zero-order chi connectivity index (χ0) is 20.8. The molecule has 6 heteroatoms. The Balaban J connectivity index is 1.82. The molecule has 2 aromatic carbocycles. The van der Waals surface area contributed by atoms with Crippen LogP contribution >= 0.6 is 0 Å². The normalized spacial score (nSPS) is 18.4. The fraction of sp³-hybridized carbons (Fsp3) is 0.391. The molecule has 1 fully saturated rings. The smallest absolute Gasteiger partial charge is 0.253 e. The first-order valence-corrected chi connectivity index (χ1v) is 9.92. The molecule has 0 aliphatic carbocycles. The Kier molecular flexibility index (Phi) is 6.75. The molecule has 0 spiro atoms. The highest BCUT2D eigenvalue weighted by atomic mass is 16.5. The Morgan fingerprint density at radius 3 is 2.10 bits per heavy atom. The summed E-state index contributed by atoms with van der Waals surface area (Å²) in [7, 11) is 3.22. The molecular weight excluding hydrogens is 368 g/mol. The summed E-state index contributed by atoms with van der Waals surface area (Å²) in [6.07, 6.45) is 0.875. The summed E-state index contributed by atoms with van der Waals surface area (Å²) in [4.78, 5) is 27.6. The molecule has 2 atom stereocenters. The standard InChI is InChI=1S/C23H28N2O4/c1-4-13-24-22(26)21-15-25(23(27)17-7-11-19(29-3)12-8-17)14-20(21)16-5-9-18(28-2)10-6-16/h5-12,20-21H,4,13-15H2,1-3H3,(H,24,26). The largest absolute Gasteiger partial charge is 0.497 e. The predicted octanol–water partition coefficient (Wildman–Crippen LogP) is 3.09. The zero-order valence-corrected chi connectivity index (χ0v) is 17.2. The quantitative estimate of drug-likeness (QED) is 0.781. The lowest BCUT2D eigenvalue weighted by Gasteiger charge is -2.18. The molecule has 29 heavy (non-hydrogen) atoms. The molecule has 2 amide bonds. The van der Waals surface area contributed by atoms with Crippen LogP contribution < -0.4 is 14.8 Å². The Morgan fingerprint density at radius 2 is 1.55 bits per heavy atom. The van der Waals surface area contributed by atoms with Crippen LogP contribution in [0.4, 0.5) is 0 Å². The van der Waals surface area contributed by atoms with Crippen molar-refractivity contribution in [2.75, 3.05) is 33.9 Å². The first-order chi connectivity index (χ1) is 14.1. The maximum atomic E-state index is 13.0. The van der Waals surface area contributed by atoms with E-state index in [1.807, 2.05) is 31.2 Å². The van der Waals surface area contributed by atoms with Crippen LogP contribution in [0.3, 0.4) is 0 Å².